The van der Waals surface area contributed by atoms with Crippen molar-refractivity contribution in [1.82, 2.24) is 10.0 Å². The first kappa shape index (κ1) is 15.0. The van der Waals surface area contributed by atoms with Gasteiger partial charge in [-0.2, -0.15) is 0 Å². The van der Waals surface area contributed by atoms with Gasteiger partial charge in [-0.3, -0.25) is 0 Å². The second-order valence-corrected chi connectivity index (χ2v) is 7.80. The van der Waals surface area contributed by atoms with Crippen LogP contribution < -0.4 is 10.0 Å². The Hall–Kier alpha value is -0.430. The van der Waals surface area contributed by atoms with E-state index in [4.69, 9.17) is 0 Å². The van der Waals surface area contributed by atoms with Crippen molar-refractivity contribution in [1.29, 1.82) is 0 Å². The fourth-order valence-electron chi connectivity index (χ4n) is 2.32. The van der Waals surface area contributed by atoms with E-state index in [1.807, 2.05) is 13.8 Å². The molecule has 0 radical (unpaired) electrons. The summed E-state index contributed by atoms with van der Waals surface area (Å²) in [7, 11) is -3.36. The average molecular weight is 302 g/mol. The van der Waals surface area contributed by atoms with Crippen molar-refractivity contribution >= 4 is 21.4 Å². The molecule has 108 valence electrons. The van der Waals surface area contributed by atoms with Gasteiger partial charge in [-0.25, -0.2) is 13.1 Å². The SMILES string of the molecule is CCNCc1cc(S(=O)(=O)NC2(CC)CCC2)cs1. The minimum absolute atomic E-state index is 0.192. The normalized spacial score (nSPS) is 18.2. The van der Waals surface area contributed by atoms with Gasteiger partial charge in [0.05, 0.1) is 4.90 Å². The minimum atomic E-state index is -3.36. The summed E-state index contributed by atoms with van der Waals surface area (Å²) in [6.45, 7) is 5.70. The van der Waals surface area contributed by atoms with Gasteiger partial charge in [-0.15, -0.1) is 11.3 Å². The first-order valence-corrected chi connectivity index (χ1v) is 9.20. The third kappa shape index (κ3) is 3.37. The molecule has 0 saturated heterocycles. The maximum absolute atomic E-state index is 12.4. The van der Waals surface area contributed by atoms with Gasteiger partial charge >= 0.3 is 0 Å². The second-order valence-electron chi connectivity index (χ2n) is 5.12. The highest BCUT2D eigenvalue weighted by Gasteiger charge is 2.39. The molecule has 1 saturated carbocycles. The van der Waals surface area contributed by atoms with Crippen LogP contribution in [0.4, 0.5) is 0 Å². The van der Waals surface area contributed by atoms with Gasteiger partial charge in [0.25, 0.3) is 0 Å². The Morgan fingerprint density at radius 3 is 2.63 bits per heavy atom. The maximum atomic E-state index is 12.4. The van der Waals surface area contributed by atoms with Crippen LogP contribution in [0.2, 0.25) is 0 Å². The summed E-state index contributed by atoms with van der Waals surface area (Å²) in [6.07, 6.45) is 3.89. The fraction of sp³-hybridized carbons (Fsp3) is 0.692. The highest BCUT2D eigenvalue weighted by molar-refractivity contribution is 7.89. The summed E-state index contributed by atoms with van der Waals surface area (Å²) < 4.78 is 27.6. The summed E-state index contributed by atoms with van der Waals surface area (Å²) in [5, 5.41) is 4.94. The van der Waals surface area contributed by atoms with Crippen molar-refractivity contribution in [2.45, 2.75) is 56.5 Å². The largest absolute Gasteiger partial charge is 0.312 e. The van der Waals surface area contributed by atoms with Crippen LogP contribution in [0.3, 0.4) is 0 Å². The molecule has 0 spiro atoms. The highest BCUT2D eigenvalue weighted by atomic mass is 32.2. The van der Waals surface area contributed by atoms with Crippen LogP contribution in [0.5, 0.6) is 0 Å². The summed E-state index contributed by atoms with van der Waals surface area (Å²) in [4.78, 5) is 1.46. The molecule has 4 nitrogen and oxygen atoms in total. The van der Waals surface area contributed by atoms with Crippen molar-refractivity contribution < 1.29 is 8.42 Å². The maximum Gasteiger partial charge on any atom is 0.241 e. The van der Waals surface area contributed by atoms with Crippen LogP contribution in [-0.2, 0) is 16.6 Å². The van der Waals surface area contributed by atoms with Gasteiger partial charge in [0.2, 0.25) is 10.0 Å². The lowest BCUT2D eigenvalue weighted by molar-refractivity contribution is 0.214. The molecule has 19 heavy (non-hydrogen) atoms. The first-order chi connectivity index (χ1) is 9.01. The molecule has 1 aliphatic rings. The number of nitrogens with one attached hydrogen (secondary N) is 2. The predicted octanol–water partition coefficient (Wildman–Crippen LogP) is 2.47. The highest BCUT2D eigenvalue weighted by Crippen LogP contribution is 2.36. The van der Waals surface area contributed by atoms with Gasteiger partial charge in [0, 0.05) is 22.3 Å². The molecule has 1 aromatic heterocycles. The fourth-order valence-corrected chi connectivity index (χ4v) is 5.09. The van der Waals surface area contributed by atoms with E-state index in [0.29, 0.717) is 4.90 Å². The topological polar surface area (TPSA) is 58.2 Å². The van der Waals surface area contributed by atoms with Gasteiger partial charge in [0.15, 0.2) is 0 Å². The average Bonchev–Trinajstić information content (AvgIpc) is 2.81. The van der Waals surface area contributed by atoms with Crippen molar-refractivity contribution in [3.8, 4) is 0 Å². The zero-order chi connectivity index (χ0) is 13.9. The number of sulfonamides is 1. The van der Waals surface area contributed by atoms with E-state index in [-0.39, 0.29) is 5.54 Å². The molecule has 0 amide bonds. The number of hydrogen-bond acceptors (Lipinski definition) is 4. The van der Waals surface area contributed by atoms with E-state index >= 15 is 0 Å². The predicted molar refractivity (Wildman–Crippen MR) is 78.9 cm³/mol. The standard InChI is InChI=1S/C13H22N2O2S2/c1-3-13(6-5-7-13)15-19(16,17)12-8-11(18-10-12)9-14-4-2/h8,10,14-15H,3-7,9H2,1-2H3. The Morgan fingerprint density at radius 1 is 1.37 bits per heavy atom. The molecular weight excluding hydrogens is 280 g/mol. The van der Waals surface area contributed by atoms with E-state index in [2.05, 4.69) is 10.0 Å². The molecule has 1 heterocycles. The first-order valence-electron chi connectivity index (χ1n) is 6.83. The number of rotatable bonds is 7. The summed E-state index contributed by atoms with van der Waals surface area (Å²) in [6, 6.07) is 1.78. The van der Waals surface area contributed by atoms with Crippen LogP contribution >= 0.6 is 11.3 Å². The molecule has 0 unspecified atom stereocenters. The van der Waals surface area contributed by atoms with Crippen LogP contribution in [0.1, 0.15) is 44.4 Å². The van der Waals surface area contributed by atoms with E-state index in [0.717, 1.165) is 43.6 Å². The minimum Gasteiger partial charge on any atom is -0.312 e. The summed E-state index contributed by atoms with van der Waals surface area (Å²) in [5.74, 6) is 0. The Labute approximate surface area is 119 Å². The van der Waals surface area contributed by atoms with Gasteiger partial charge in [-0.05, 0) is 38.3 Å². The van der Waals surface area contributed by atoms with Crippen LogP contribution in [0, 0.1) is 0 Å². The molecule has 0 bridgehead atoms. The Kier molecular flexibility index (Phi) is 4.66. The van der Waals surface area contributed by atoms with Gasteiger partial charge in [0.1, 0.15) is 0 Å². The Morgan fingerprint density at radius 2 is 2.11 bits per heavy atom. The van der Waals surface area contributed by atoms with Crippen LogP contribution in [0.15, 0.2) is 16.3 Å². The molecular formula is C13H22N2O2S2. The second kappa shape index (κ2) is 5.91. The lowest BCUT2D eigenvalue weighted by atomic mass is 9.76. The van der Waals surface area contributed by atoms with Crippen LogP contribution in [-0.4, -0.2) is 20.5 Å². The van der Waals surface area contributed by atoms with Crippen LogP contribution in [0.25, 0.3) is 0 Å². The van der Waals surface area contributed by atoms with E-state index in [1.165, 1.54) is 11.3 Å². The lowest BCUT2D eigenvalue weighted by Gasteiger charge is -2.41. The summed E-state index contributed by atoms with van der Waals surface area (Å²) >= 11 is 1.49. The van der Waals surface area contributed by atoms with Gasteiger partial charge in [-0.1, -0.05) is 13.8 Å². The number of thiophene rings is 1. The van der Waals surface area contributed by atoms with Gasteiger partial charge < -0.3 is 5.32 Å². The van der Waals surface area contributed by atoms with E-state index < -0.39 is 10.0 Å². The number of hydrogen-bond donors (Lipinski definition) is 2. The van der Waals surface area contributed by atoms with Crippen molar-refractivity contribution in [2.24, 2.45) is 0 Å². The van der Waals surface area contributed by atoms with Crippen molar-refractivity contribution in [3.63, 3.8) is 0 Å². The Balaban J connectivity index is 2.08. The van der Waals surface area contributed by atoms with E-state index in [9.17, 15) is 8.42 Å². The summed E-state index contributed by atoms with van der Waals surface area (Å²) in [5.41, 5.74) is -0.192. The molecule has 0 atom stereocenters. The smallest absolute Gasteiger partial charge is 0.241 e. The lowest BCUT2D eigenvalue weighted by Crippen LogP contribution is -2.52. The molecule has 2 N–H and O–H groups in total. The molecule has 1 fully saturated rings. The quantitative estimate of drug-likeness (QED) is 0.813. The molecule has 0 aromatic carbocycles. The zero-order valence-electron chi connectivity index (χ0n) is 11.5. The third-order valence-electron chi connectivity index (χ3n) is 3.83. The molecule has 0 aliphatic heterocycles. The third-order valence-corrected chi connectivity index (χ3v) is 6.47. The molecule has 6 heteroatoms. The molecule has 1 aliphatic carbocycles. The van der Waals surface area contributed by atoms with E-state index in [1.54, 1.807) is 11.4 Å². The molecule has 2 rings (SSSR count). The monoisotopic (exact) mass is 302 g/mol. The Bertz CT molecular complexity index is 513. The van der Waals surface area contributed by atoms with Crippen molar-refractivity contribution in [3.05, 3.63) is 16.3 Å². The molecule has 1 aromatic rings. The van der Waals surface area contributed by atoms with Crippen molar-refractivity contribution in [2.75, 3.05) is 6.54 Å². The zero-order valence-corrected chi connectivity index (χ0v) is 13.2.